The molecule has 1 amide bonds. The second kappa shape index (κ2) is 5.20. The number of nitrogens with zero attached hydrogens (tertiary/aromatic N) is 3. The van der Waals surface area contributed by atoms with Crippen LogP contribution in [0.5, 0.6) is 0 Å². The third kappa shape index (κ3) is 2.39. The first-order valence-corrected chi connectivity index (χ1v) is 7.53. The second-order valence-corrected chi connectivity index (χ2v) is 5.76. The topological polar surface area (TPSA) is 85.9 Å². The van der Waals surface area contributed by atoms with Gasteiger partial charge in [-0.3, -0.25) is 9.89 Å². The molecule has 0 unspecified atom stereocenters. The van der Waals surface area contributed by atoms with Crippen molar-refractivity contribution >= 4 is 28.6 Å². The highest BCUT2D eigenvalue weighted by molar-refractivity contribution is 6.00. The van der Waals surface area contributed by atoms with Gasteiger partial charge in [-0.1, -0.05) is 0 Å². The third-order valence-corrected chi connectivity index (χ3v) is 4.09. The molecule has 4 rings (SSSR count). The van der Waals surface area contributed by atoms with E-state index in [0.717, 1.165) is 39.0 Å². The summed E-state index contributed by atoms with van der Waals surface area (Å²) in [5.74, 6) is 0.310. The van der Waals surface area contributed by atoms with E-state index in [1.165, 1.54) is 6.07 Å². The molecule has 1 saturated heterocycles. The molecular weight excluding hydrogens is 287 g/mol. The van der Waals surface area contributed by atoms with Crippen LogP contribution in [0.3, 0.4) is 0 Å². The zero-order valence-electron chi connectivity index (χ0n) is 12.0. The second-order valence-electron chi connectivity index (χ2n) is 5.76. The van der Waals surface area contributed by atoms with Gasteiger partial charge in [-0.05, 0) is 18.9 Å². The lowest BCUT2D eigenvalue weighted by Crippen LogP contribution is -2.44. The molecule has 1 aliphatic carbocycles. The smallest absolute Gasteiger partial charge is 0.228 e. The van der Waals surface area contributed by atoms with Crippen LogP contribution in [0.4, 0.5) is 16.0 Å². The molecule has 2 fully saturated rings. The van der Waals surface area contributed by atoms with Crippen LogP contribution in [0.2, 0.25) is 0 Å². The number of piperazine rings is 1. The number of rotatable bonds is 3. The average Bonchev–Trinajstić information content (AvgIpc) is 3.32. The lowest BCUT2D eigenvalue weighted by molar-refractivity contribution is -0.117. The van der Waals surface area contributed by atoms with Crippen LogP contribution in [0.15, 0.2) is 6.07 Å². The molecule has 2 aromatic rings. The van der Waals surface area contributed by atoms with Crippen molar-refractivity contribution in [2.75, 3.05) is 36.4 Å². The van der Waals surface area contributed by atoms with Crippen molar-refractivity contribution < 1.29 is 9.18 Å². The van der Waals surface area contributed by atoms with Gasteiger partial charge in [0.25, 0.3) is 0 Å². The Balaban J connectivity index is 1.65. The van der Waals surface area contributed by atoms with Gasteiger partial charge in [0.2, 0.25) is 5.91 Å². The largest absolute Gasteiger partial charge is 0.352 e. The predicted octanol–water partition coefficient (Wildman–Crippen LogP) is 0.855. The average molecular weight is 304 g/mol. The Morgan fingerprint density at radius 2 is 2.14 bits per heavy atom. The molecule has 7 nitrogen and oxygen atoms in total. The van der Waals surface area contributed by atoms with Crippen molar-refractivity contribution in [2.45, 2.75) is 12.8 Å². The highest BCUT2D eigenvalue weighted by Gasteiger charge is 2.30. The van der Waals surface area contributed by atoms with Crippen molar-refractivity contribution in [3.05, 3.63) is 11.9 Å². The molecule has 0 aromatic carbocycles. The highest BCUT2D eigenvalue weighted by Crippen LogP contribution is 2.31. The van der Waals surface area contributed by atoms with Gasteiger partial charge in [0, 0.05) is 32.1 Å². The van der Waals surface area contributed by atoms with E-state index in [4.69, 9.17) is 0 Å². The molecule has 8 heteroatoms. The van der Waals surface area contributed by atoms with E-state index >= 15 is 0 Å². The highest BCUT2D eigenvalue weighted by atomic mass is 19.1. The maximum Gasteiger partial charge on any atom is 0.228 e. The summed E-state index contributed by atoms with van der Waals surface area (Å²) in [4.78, 5) is 18.1. The molecule has 0 spiro atoms. The molecule has 1 saturated carbocycles. The number of H-pyrrole nitrogens is 1. The van der Waals surface area contributed by atoms with Gasteiger partial charge in [-0.25, -0.2) is 9.37 Å². The minimum atomic E-state index is -0.391. The number of aromatic nitrogens is 3. The van der Waals surface area contributed by atoms with Crippen molar-refractivity contribution in [1.82, 2.24) is 20.5 Å². The SMILES string of the molecule is O=C(Nc1n[nH]c2nc(N3CCNCC3)c(F)cc12)C1CC1. The Hall–Kier alpha value is -2.22. The quantitative estimate of drug-likeness (QED) is 0.783. The standard InChI is InChI=1S/C14H17FN6O/c15-10-7-9-11(17-13(10)21-5-3-16-4-6-21)19-20-12(9)18-14(22)8-1-2-8/h7-8,16H,1-6H2,(H2,17,18,19,20,22). The Bertz CT molecular complexity index is 719. The fourth-order valence-electron chi connectivity index (χ4n) is 2.67. The Labute approximate surface area is 126 Å². The summed E-state index contributed by atoms with van der Waals surface area (Å²) < 4.78 is 14.4. The number of hydrogen-bond acceptors (Lipinski definition) is 5. The van der Waals surface area contributed by atoms with E-state index in [2.05, 4.69) is 25.8 Å². The number of nitrogens with one attached hydrogen (secondary N) is 3. The maximum atomic E-state index is 14.4. The summed E-state index contributed by atoms with van der Waals surface area (Å²) in [6.07, 6.45) is 1.82. The van der Waals surface area contributed by atoms with Crippen LogP contribution in [-0.2, 0) is 4.79 Å². The van der Waals surface area contributed by atoms with E-state index in [0.29, 0.717) is 22.7 Å². The van der Waals surface area contributed by atoms with Crippen LogP contribution in [0.1, 0.15) is 12.8 Å². The van der Waals surface area contributed by atoms with Gasteiger partial charge < -0.3 is 15.5 Å². The maximum absolute atomic E-state index is 14.4. The molecule has 3 heterocycles. The molecule has 1 aliphatic heterocycles. The van der Waals surface area contributed by atoms with Gasteiger partial charge in [-0.15, -0.1) is 0 Å². The summed E-state index contributed by atoms with van der Waals surface area (Å²) >= 11 is 0. The molecule has 22 heavy (non-hydrogen) atoms. The third-order valence-electron chi connectivity index (χ3n) is 4.09. The minimum Gasteiger partial charge on any atom is -0.352 e. The molecule has 0 bridgehead atoms. The zero-order chi connectivity index (χ0) is 15.1. The van der Waals surface area contributed by atoms with Gasteiger partial charge in [0.1, 0.15) is 0 Å². The van der Waals surface area contributed by atoms with E-state index in [1.54, 1.807) is 0 Å². The normalized spacial score (nSPS) is 18.7. The van der Waals surface area contributed by atoms with Crippen molar-refractivity contribution in [2.24, 2.45) is 5.92 Å². The Kier molecular flexibility index (Phi) is 3.18. The number of hydrogen-bond donors (Lipinski definition) is 3. The van der Waals surface area contributed by atoms with E-state index < -0.39 is 5.82 Å². The number of fused-ring (bicyclic) bond motifs is 1. The Morgan fingerprint density at radius 1 is 1.36 bits per heavy atom. The summed E-state index contributed by atoms with van der Waals surface area (Å²) in [6.45, 7) is 3.05. The number of aromatic amines is 1. The first kappa shape index (κ1) is 13.4. The van der Waals surface area contributed by atoms with Crippen LogP contribution in [0.25, 0.3) is 11.0 Å². The van der Waals surface area contributed by atoms with Crippen molar-refractivity contribution in [1.29, 1.82) is 0 Å². The van der Waals surface area contributed by atoms with E-state index in [9.17, 15) is 9.18 Å². The fourth-order valence-corrected chi connectivity index (χ4v) is 2.67. The molecule has 2 aromatic heterocycles. The first-order valence-electron chi connectivity index (χ1n) is 7.53. The van der Waals surface area contributed by atoms with Gasteiger partial charge in [0.05, 0.1) is 5.39 Å². The molecule has 0 atom stereocenters. The molecule has 116 valence electrons. The summed E-state index contributed by atoms with van der Waals surface area (Å²) in [5, 5.41) is 13.3. The summed E-state index contributed by atoms with van der Waals surface area (Å²) in [7, 11) is 0. The van der Waals surface area contributed by atoms with Gasteiger partial charge in [-0.2, -0.15) is 5.10 Å². The van der Waals surface area contributed by atoms with Crippen LogP contribution in [0, 0.1) is 11.7 Å². The molecular formula is C14H17FN6O. The Morgan fingerprint density at radius 3 is 2.86 bits per heavy atom. The molecule has 2 aliphatic rings. The number of anilines is 2. The minimum absolute atomic E-state index is 0.0556. The van der Waals surface area contributed by atoms with Crippen LogP contribution in [-0.4, -0.2) is 47.3 Å². The first-order chi connectivity index (χ1) is 10.7. The van der Waals surface area contributed by atoms with Gasteiger partial charge in [0.15, 0.2) is 23.1 Å². The zero-order valence-corrected chi connectivity index (χ0v) is 12.0. The predicted molar refractivity (Wildman–Crippen MR) is 80.3 cm³/mol. The van der Waals surface area contributed by atoms with Crippen LogP contribution < -0.4 is 15.5 Å². The van der Waals surface area contributed by atoms with E-state index in [1.807, 2.05) is 4.90 Å². The lowest BCUT2D eigenvalue weighted by Gasteiger charge is -2.28. The van der Waals surface area contributed by atoms with Crippen molar-refractivity contribution in [3.63, 3.8) is 0 Å². The summed E-state index contributed by atoms with van der Waals surface area (Å²) in [6, 6.07) is 1.39. The molecule has 3 N–H and O–H groups in total. The van der Waals surface area contributed by atoms with Crippen LogP contribution >= 0.6 is 0 Å². The van der Waals surface area contributed by atoms with Gasteiger partial charge >= 0.3 is 0 Å². The number of carbonyl (C=O) groups excluding carboxylic acids is 1. The summed E-state index contributed by atoms with van der Waals surface area (Å²) in [5.41, 5.74) is 0.487. The number of halogens is 1. The fraction of sp³-hybridized carbons (Fsp3) is 0.500. The van der Waals surface area contributed by atoms with Crippen molar-refractivity contribution in [3.8, 4) is 0 Å². The number of pyridine rings is 1. The lowest BCUT2D eigenvalue weighted by atomic mass is 10.2. The number of amides is 1. The van der Waals surface area contributed by atoms with E-state index in [-0.39, 0.29) is 11.8 Å². The molecule has 0 radical (unpaired) electrons. The monoisotopic (exact) mass is 304 g/mol. The number of carbonyl (C=O) groups is 1.